The standard InChI is InChI=1S/C25H18F3NO2/c1-2-3-14-4-6-17-15(10-14)5-7-19-18(17)8-9-20(24(19)28)25(30)31-16-11-22(26)21(13-29)23(27)12-16/h4,6,8-12H,2-3,5,7H2,1H3. The minimum atomic E-state index is -1.16. The molecule has 1 aliphatic rings. The molecule has 3 aromatic carbocycles. The average molecular weight is 421 g/mol. The van der Waals surface area contributed by atoms with Crippen LogP contribution < -0.4 is 4.74 Å². The van der Waals surface area contributed by atoms with Gasteiger partial charge in [0.1, 0.15) is 34.8 Å². The number of fused-ring (bicyclic) bond motifs is 3. The van der Waals surface area contributed by atoms with Crippen molar-refractivity contribution < 1.29 is 22.7 Å². The van der Waals surface area contributed by atoms with Gasteiger partial charge >= 0.3 is 5.97 Å². The van der Waals surface area contributed by atoms with Gasteiger partial charge in [0.2, 0.25) is 0 Å². The largest absolute Gasteiger partial charge is 0.423 e. The van der Waals surface area contributed by atoms with E-state index >= 15 is 4.39 Å². The summed E-state index contributed by atoms with van der Waals surface area (Å²) in [6.45, 7) is 2.12. The molecular weight excluding hydrogens is 403 g/mol. The molecule has 0 fully saturated rings. The van der Waals surface area contributed by atoms with Crippen molar-refractivity contribution >= 4 is 5.97 Å². The van der Waals surface area contributed by atoms with Gasteiger partial charge < -0.3 is 4.74 Å². The Labute approximate surface area is 177 Å². The number of benzene rings is 3. The number of rotatable bonds is 4. The molecule has 0 aliphatic heterocycles. The Morgan fingerprint density at radius 2 is 1.74 bits per heavy atom. The topological polar surface area (TPSA) is 50.1 Å². The molecule has 0 aromatic heterocycles. The van der Waals surface area contributed by atoms with Gasteiger partial charge in [-0.2, -0.15) is 5.26 Å². The Balaban J connectivity index is 1.65. The van der Waals surface area contributed by atoms with E-state index in [1.54, 1.807) is 6.07 Å². The molecule has 1 aliphatic carbocycles. The van der Waals surface area contributed by atoms with Gasteiger partial charge in [-0.05, 0) is 53.1 Å². The zero-order valence-electron chi connectivity index (χ0n) is 16.8. The summed E-state index contributed by atoms with van der Waals surface area (Å²) in [5.74, 6) is -4.51. The molecule has 0 bridgehead atoms. The van der Waals surface area contributed by atoms with E-state index in [1.807, 2.05) is 12.1 Å². The van der Waals surface area contributed by atoms with Gasteiger partial charge in [0.05, 0.1) is 5.56 Å². The number of halogens is 3. The maximum absolute atomic E-state index is 15.2. The Kier molecular flexibility index (Phi) is 5.51. The van der Waals surface area contributed by atoms with Gasteiger partial charge in [-0.15, -0.1) is 0 Å². The Bertz CT molecular complexity index is 1220. The van der Waals surface area contributed by atoms with Crippen LogP contribution in [0.25, 0.3) is 11.1 Å². The van der Waals surface area contributed by atoms with Gasteiger partial charge in [0.25, 0.3) is 0 Å². The molecule has 3 nitrogen and oxygen atoms in total. The van der Waals surface area contributed by atoms with E-state index in [0.29, 0.717) is 18.4 Å². The van der Waals surface area contributed by atoms with Crippen LogP contribution >= 0.6 is 0 Å². The third kappa shape index (κ3) is 3.79. The summed E-state index contributed by atoms with van der Waals surface area (Å²) in [6, 6.07) is 12.0. The number of carbonyl (C=O) groups excluding carboxylic acids is 1. The smallest absolute Gasteiger partial charge is 0.346 e. The average Bonchev–Trinajstić information content (AvgIpc) is 2.73. The van der Waals surface area contributed by atoms with Crippen LogP contribution in [0.3, 0.4) is 0 Å². The Morgan fingerprint density at radius 3 is 2.42 bits per heavy atom. The first-order chi connectivity index (χ1) is 14.9. The lowest BCUT2D eigenvalue weighted by Crippen LogP contribution is -2.15. The molecule has 31 heavy (non-hydrogen) atoms. The number of carbonyl (C=O) groups is 1. The van der Waals surface area contributed by atoms with Crippen LogP contribution in [0.5, 0.6) is 5.75 Å². The fourth-order valence-corrected chi connectivity index (χ4v) is 3.97. The van der Waals surface area contributed by atoms with Gasteiger partial charge in [-0.3, -0.25) is 0 Å². The molecular formula is C25H18F3NO2. The van der Waals surface area contributed by atoms with E-state index in [-0.39, 0.29) is 5.56 Å². The first kappa shape index (κ1) is 20.7. The minimum absolute atomic E-state index is 0.310. The first-order valence-corrected chi connectivity index (χ1v) is 9.97. The molecule has 6 heteroatoms. The van der Waals surface area contributed by atoms with Gasteiger partial charge in [-0.25, -0.2) is 18.0 Å². The van der Waals surface area contributed by atoms with Crippen molar-refractivity contribution in [3.05, 3.63) is 87.7 Å². The predicted octanol–water partition coefficient (Wildman–Crippen LogP) is 5.91. The lowest BCUT2D eigenvalue weighted by molar-refractivity contribution is 0.0729. The molecule has 4 rings (SSSR count). The number of hydrogen-bond donors (Lipinski definition) is 0. The van der Waals surface area contributed by atoms with Crippen molar-refractivity contribution in [2.24, 2.45) is 0 Å². The molecule has 156 valence electrons. The van der Waals surface area contributed by atoms with Crippen LogP contribution in [0.2, 0.25) is 0 Å². The monoisotopic (exact) mass is 421 g/mol. The number of ether oxygens (including phenoxy) is 1. The van der Waals surface area contributed by atoms with E-state index in [4.69, 9.17) is 10.00 Å². The molecule has 0 amide bonds. The quantitative estimate of drug-likeness (QED) is 0.389. The van der Waals surface area contributed by atoms with E-state index < -0.39 is 34.7 Å². The molecule has 0 heterocycles. The van der Waals surface area contributed by atoms with Crippen molar-refractivity contribution in [2.45, 2.75) is 32.6 Å². The van der Waals surface area contributed by atoms with Crippen LogP contribution in [-0.4, -0.2) is 5.97 Å². The van der Waals surface area contributed by atoms with Crippen LogP contribution in [0.1, 0.15) is 46.0 Å². The highest BCUT2D eigenvalue weighted by Gasteiger charge is 2.25. The van der Waals surface area contributed by atoms with Gasteiger partial charge in [-0.1, -0.05) is 37.6 Å². The number of hydrogen-bond acceptors (Lipinski definition) is 3. The fourth-order valence-electron chi connectivity index (χ4n) is 3.97. The molecule has 3 aromatic rings. The number of nitriles is 1. The van der Waals surface area contributed by atoms with E-state index in [0.717, 1.165) is 41.7 Å². The van der Waals surface area contributed by atoms with Crippen LogP contribution in [0, 0.1) is 28.8 Å². The summed E-state index contributed by atoms with van der Waals surface area (Å²) in [7, 11) is 0. The lowest BCUT2D eigenvalue weighted by Gasteiger charge is -2.22. The third-order valence-electron chi connectivity index (χ3n) is 5.44. The Morgan fingerprint density at radius 1 is 1.03 bits per heavy atom. The highest BCUT2D eigenvalue weighted by molar-refractivity contribution is 5.93. The number of nitrogens with zero attached hydrogens (tertiary/aromatic N) is 1. The number of aryl methyl sites for hydroxylation is 2. The van der Waals surface area contributed by atoms with Gasteiger partial charge in [0.15, 0.2) is 0 Å². The highest BCUT2D eigenvalue weighted by Crippen LogP contribution is 2.36. The molecule has 0 N–H and O–H groups in total. The maximum Gasteiger partial charge on any atom is 0.346 e. The van der Waals surface area contributed by atoms with Crippen molar-refractivity contribution in [3.63, 3.8) is 0 Å². The van der Waals surface area contributed by atoms with Crippen molar-refractivity contribution in [1.29, 1.82) is 5.26 Å². The Hall–Kier alpha value is -3.59. The second-order valence-corrected chi connectivity index (χ2v) is 7.46. The van der Waals surface area contributed by atoms with E-state index in [9.17, 15) is 13.6 Å². The molecule has 0 radical (unpaired) electrons. The zero-order chi connectivity index (χ0) is 22.1. The molecule has 0 unspecified atom stereocenters. The van der Waals surface area contributed by atoms with Crippen molar-refractivity contribution in [1.82, 2.24) is 0 Å². The van der Waals surface area contributed by atoms with Crippen molar-refractivity contribution in [2.75, 3.05) is 0 Å². The summed E-state index contributed by atoms with van der Waals surface area (Å²) < 4.78 is 47.7. The normalized spacial score (nSPS) is 12.0. The fraction of sp³-hybridized carbons (Fsp3) is 0.200. The molecule has 0 atom stereocenters. The molecule has 0 saturated heterocycles. The zero-order valence-corrected chi connectivity index (χ0v) is 16.8. The minimum Gasteiger partial charge on any atom is -0.423 e. The second kappa shape index (κ2) is 8.27. The second-order valence-electron chi connectivity index (χ2n) is 7.46. The molecule has 0 saturated carbocycles. The van der Waals surface area contributed by atoms with Gasteiger partial charge in [0, 0.05) is 12.1 Å². The van der Waals surface area contributed by atoms with Crippen molar-refractivity contribution in [3.8, 4) is 22.9 Å². The summed E-state index contributed by atoms with van der Waals surface area (Å²) in [5.41, 5.74) is 3.40. The summed E-state index contributed by atoms with van der Waals surface area (Å²) in [6.07, 6.45) is 3.12. The summed E-state index contributed by atoms with van der Waals surface area (Å²) in [4.78, 5) is 12.5. The maximum atomic E-state index is 15.2. The predicted molar refractivity (Wildman–Crippen MR) is 109 cm³/mol. The first-order valence-electron chi connectivity index (χ1n) is 9.97. The summed E-state index contributed by atoms with van der Waals surface area (Å²) in [5, 5.41) is 8.72. The van der Waals surface area contributed by atoms with E-state index in [1.165, 1.54) is 17.7 Å². The highest BCUT2D eigenvalue weighted by atomic mass is 19.1. The van der Waals surface area contributed by atoms with E-state index in [2.05, 4.69) is 13.0 Å². The van der Waals surface area contributed by atoms with Crippen LogP contribution in [0.4, 0.5) is 13.2 Å². The third-order valence-corrected chi connectivity index (χ3v) is 5.44. The van der Waals surface area contributed by atoms with Crippen LogP contribution in [-0.2, 0) is 19.3 Å². The number of esters is 1. The summed E-state index contributed by atoms with van der Waals surface area (Å²) >= 11 is 0. The lowest BCUT2D eigenvalue weighted by atomic mass is 9.83. The van der Waals surface area contributed by atoms with Crippen LogP contribution in [0.15, 0.2) is 42.5 Å². The SMILES string of the molecule is CCCc1ccc2c(c1)CCc1c-2ccc(C(=O)Oc2cc(F)c(C#N)c(F)c2)c1F. The molecule has 0 spiro atoms.